The maximum atomic E-state index is 5.91. The molecule has 0 saturated heterocycles. The second-order valence-corrected chi connectivity index (χ2v) is 6.49. The summed E-state index contributed by atoms with van der Waals surface area (Å²) in [4.78, 5) is 5.24. The first-order valence-electron chi connectivity index (χ1n) is 7.73. The van der Waals surface area contributed by atoms with E-state index in [0.717, 1.165) is 17.2 Å². The summed E-state index contributed by atoms with van der Waals surface area (Å²) in [5.74, 6) is 0.965. The number of aromatic nitrogens is 1. The molecule has 1 atom stereocenters. The van der Waals surface area contributed by atoms with Gasteiger partial charge in [-0.1, -0.05) is 13.0 Å². The lowest BCUT2D eigenvalue weighted by molar-refractivity contribution is 0.308. The highest BCUT2D eigenvalue weighted by atomic mass is 32.1. The van der Waals surface area contributed by atoms with E-state index in [2.05, 4.69) is 35.4 Å². The third kappa shape index (κ3) is 3.63. The van der Waals surface area contributed by atoms with Crippen LogP contribution in [-0.2, 0) is 13.0 Å². The van der Waals surface area contributed by atoms with Crippen LogP contribution in [0, 0.1) is 0 Å². The summed E-state index contributed by atoms with van der Waals surface area (Å²) in [6.45, 7) is 3.90. The summed E-state index contributed by atoms with van der Waals surface area (Å²) in [7, 11) is 0. The van der Waals surface area contributed by atoms with Gasteiger partial charge in [-0.2, -0.15) is 0 Å². The van der Waals surface area contributed by atoms with Crippen molar-refractivity contribution >= 4 is 11.3 Å². The number of benzene rings is 1. The first kappa shape index (κ1) is 14.5. The molecule has 1 heterocycles. The Morgan fingerprint density at radius 3 is 3.19 bits per heavy atom. The van der Waals surface area contributed by atoms with Gasteiger partial charge in [-0.15, -0.1) is 11.3 Å². The van der Waals surface area contributed by atoms with Gasteiger partial charge in [-0.25, -0.2) is 0 Å². The Bertz CT molecular complexity index is 568. The standard InChI is InChI=1S/C17H22N2OS/c1-2-8-19-17-5-3-4-13-6-7-14(9-16(13)17)20-11-15-10-18-12-21-15/h6-7,9-10,12,17,19H,2-5,8,11H2,1H3. The van der Waals surface area contributed by atoms with Crippen molar-refractivity contribution < 1.29 is 4.74 Å². The van der Waals surface area contributed by atoms with Crippen molar-refractivity contribution in [3.05, 3.63) is 45.9 Å². The molecule has 0 saturated carbocycles. The van der Waals surface area contributed by atoms with Crippen LogP contribution in [-0.4, -0.2) is 11.5 Å². The van der Waals surface area contributed by atoms with Crippen LogP contribution in [0.4, 0.5) is 0 Å². The Labute approximate surface area is 130 Å². The molecule has 1 aliphatic carbocycles. The molecule has 3 rings (SSSR count). The van der Waals surface area contributed by atoms with E-state index in [1.54, 1.807) is 11.3 Å². The molecular weight excluding hydrogens is 280 g/mol. The summed E-state index contributed by atoms with van der Waals surface area (Å²) < 4.78 is 5.91. The molecule has 2 aromatic rings. The zero-order valence-electron chi connectivity index (χ0n) is 12.5. The Kier molecular flexibility index (Phi) is 4.88. The van der Waals surface area contributed by atoms with Crippen molar-refractivity contribution in [2.24, 2.45) is 0 Å². The van der Waals surface area contributed by atoms with E-state index < -0.39 is 0 Å². The van der Waals surface area contributed by atoms with E-state index in [1.807, 2.05) is 11.7 Å². The van der Waals surface area contributed by atoms with Gasteiger partial charge in [0.2, 0.25) is 0 Å². The van der Waals surface area contributed by atoms with E-state index in [0.29, 0.717) is 12.6 Å². The quantitative estimate of drug-likeness (QED) is 0.872. The van der Waals surface area contributed by atoms with Crippen molar-refractivity contribution in [1.82, 2.24) is 10.3 Å². The number of rotatable bonds is 6. The fourth-order valence-electron chi connectivity index (χ4n) is 2.87. The van der Waals surface area contributed by atoms with Gasteiger partial charge in [0.1, 0.15) is 12.4 Å². The average molecular weight is 302 g/mol. The van der Waals surface area contributed by atoms with E-state index in [-0.39, 0.29) is 0 Å². The van der Waals surface area contributed by atoms with Gasteiger partial charge in [0.25, 0.3) is 0 Å². The Morgan fingerprint density at radius 2 is 2.38 bits per heavy atom. The zero-order chi connectivity index (χ0) is 14.5. The van der Waals surface area contributed by atoms with Crippen LogP contribution in [0.2, 0.25) is 0 Å². The molecule has 0 fully saturated rings. The Morgan fingerprint density at radius 1 is 1.43 bits per heavy atom. The second kappa shape index (κ2) is 7.05. The van der Waals surface area contributed by atoms with Gasteiger partial charge >= 0.3 is 0 Å². The summed E-state index contributed by atoms with van der Waals surface area (Å²) in [5, 5.41) is 3.66. The number of nitrogens with one attached hydrogen (secondary N) is 1. The Balaban J connectivity index is 1.72. The molecule has 1 aromatic carbocycles. The highest BCUT2D eigenvalue weighted by Crippen LogP contribution is 2.32. The van der Waals surface area contributed by atoms with Crippen LogP contribution in [0.15, 0.2) is 29.9 Å². The largest absolute Gasteiger partial charge is 0.488 e. The normalized spacial score (nSPS) is 17.5. The summed E-state index contributed by atoms with van der Waals surface area (Å²) in [6, 6.07) is 7.04. The van der Waals surface area contributed by atoms with E-state index in [9.17, 15) is 0 Å². The number of thiazole rings is 1. The molecular formula is C17H22N2OS. The monoisotopic (exact) mass is 302 g/mol. The molecule has 112 valence electrons. The molecule has 21 heavy (non-hydrogen) atoms. The molecule has 1 unspecified atom stereocenters. The van der Waals surface area contributed by atoms with Crippen LogP contribution in [0.3, 0.4) is 0 Å². The molecule has 0 bridgehead atoms. The summed E-state index contributed by atoms with van der Waals surface area (Å²) in [5.41, 5.74) is 4.74. The predicted octanol–water partition coefficient (Wildman–Crippen LogP) is 4.10. The van der Waals surface area contributed by atoms with Crippen molar-refractivity contribution in [3.63, 3.8) is 0 Å². The van der Waals surface area contributed by atoms with E-state index in [4.69, 9.17) is 4.74 Å². The maximum Gasteiger partial charge on any atom is 0.124 e. The lowest BCUT2D eigenvalue weighted by atomic mass is 9.87. The fourth-order valence-corrected chi connectivity index (χ4v) is 3.37. The molecule has 1 N–H and O–H groups in total. The predicted molar refractivity (Wildman–Crippen MR) is 86.9 cm³/mol. The van der Waals surface area contributed by atoms with Gasteiger partial charge in [-0.05, 0) is 55.5 Å². The number of hydrogen-bond acceptors (Lipinski definition) is 4. The molecule has 3 nitrogen and oxygen atoms in total. The van der Waals surface area contributed by atoms with Crippen LogP contribution in [0.1, 0.15) is 48.2 Å². The smallest absolute Gasteiger partial charge is 0.124 e. The van der Waals surface area contributed by atoms with Gasteiger partial charge in [0.05, 0.1) is 10.4 Å². The minimum absolute atomic E-state index is 0.487. The first-order valence-corrected chi connectivity index (χ1v) is 8.61. The van der Waals surface area contributed by atoms with Crippen LogP contribution in [0.25, 0.3) is 0 Å². The van der Waals surface area contributed by atoms with Gasteiger partial charge in [-0.3, -0.25) is 4.98 Å². The lowest BCUT2D eigenvalue weighted by Gasteiger charge is -2.27. The minimum atomic E-state index is 0.487. The molecule has 4 heteroatoms. The third-order valence-corrected chi connectivity index (χ3v) is 4.69. The number of nitrogens with zero attached hydrogens (tertiary/aromatic N) is 1. The molecule has 0 spiro atoms. The second-order valence-electron chi connectivity index (χ2n) is 5.52. The topological polar surface area (TPSA) is 34.1 Å². The number of ether oxygens (including phenoxy) is 1. The highest BCUT2D eigenvalue weighted by molar-refractivity contribution is 7.09. The molecule has 0 aliphatic heterocycles. The van der Waals surface area contributed by atoms with Crippen molar-refractivity contribution in [3.8, 4) is 5.75 Å². The van der Waals surface area contributed by atoms with E-state index >= 15 is 0 Å². The SMILES string of the molecule is CCCNC1CCCc2ccc(OCc3cncs3)cc21. The van der Waals surface area contributed by atoms with Crippen molar-refractivity contribution in [2.75, 3.05) is 6.54 Å². The number of aryl methyl sites for hydroxylation is 1. The minimum Gasteiger partial charge on any atom is -0.488 e. The van der Waals surface area contributed by atoms with Gasteiger partial charge in [0.15, 0.2) is 0 Å². The highest BCUT2D eigenvalue weighted by Gasteiger charge is 2.20. The summed E-state index contributed by atoms with van der Waals surface area (Å²) in [6.07, 6.45) is 6.73. The van der Waals surface area contributed by atoms with Crippen LogP contribution in [0.5, 0.6) is 5.75 Å². The maximum absolute atomic E-state index is 5.91. The van der Waals surface area contributed by atoms with Crippen molar-refractivity contribution in [2.45, 2.75) is 45.3 Å². The molecule has 0 radical (unpaired) electrons. The van der Waals surface area contributed by atoms with Gasteiger partial charge < -0.3 is 10.1 Å². The molecule has 1 aromatic heterocycles. The third-order valence-electron chi connectivity index (χ3n) is 3.94. The molecule has 1 aliphatic rings. The number of hydrogen-bond donors (Lipinski definition) is 1. The van der Waals surface area contributed by atoms with Crippen LogP contribution >= 0.6 is 11.3 Å². The zero-order valence-corrected chi connectivity index (χ0v) is 13.3. The molecule has 0 amide bonds. The fraction of sp³-hybridized carbons (Fsp3) is 0.471. The number of fused-ring (bicyclic) bond motifs is 1. The van der Waals surface area contributed by atoms with Crippen LogP contribution < -0.4 is 10.1 Å². The van der Waals surface area contributed by atoms with Gasteiger partial charge in [0, 0.05) is 12.2 Å². The first-order chi connectivity index (χ1) is 10.4. The van der Waals surface area contributed by atoms with E-state index in [1.165, 1.54) is 36.8 Å². The lowest BCUT2D eigenvalue weighted by Crippen LogP contribution is -2.25. The average Bonchev–Trinajstić information content (AvgIpc) is 3.04. The van der Waals surface area contributed by atoms with Crippen molar-refractivity contribution in [1.29, 1.82) is 0 Å². The Hall–Kier alpha value is -1.39. The summed E-state index contributed by atoms with van der Waals surface area (Å²) >= 11 is 1.63.